The van der Waals surface area contributed by atoms with Crippen molar-refractivity contribution in [1.29, 1.82) is 0 Å². The molecular weight excluding hydrogens is 537 g/mol. The summed E-state index contributed by atoms with van der Waals surface area (Å²) in [6, 6.07) is 16.8. The van der Waals surface area contributed by atoms with Crippen LogP contribution in [0.5, 0.6) is 11.5 Å². The molecule has 2 nitrogen and oxygen atoms in total. The predicted molar refractivity (Wildman–Crippen MR) is 169 cm³/mol. The van der Waals surface area contributed by atoms with Crippen LogP contribution in [0, 0.1) is 0 Å². The SMILES string of the molecule is SCCSCCSCCCOc1ccc(-c2ccc(OCCCSCCSCCS)cc2)cc1. The van der Waals surface area contributed by atoms with Gasteiger partial charge in [0, 0.05) is 34.5 Å². The van der Waals surface area contributed by atoms with Gasteiger partial charge >= 0.3 is 0 Å². The van der Waals surface area contributed by atoms with Crippen LogP contribution in [0.3, 0.4) is 0 Å². The van der Waals surface area contributed by atoms with E-state index in [1.807, 2.05) is 47.0 Å². The molecular formula is C26H38O2S6. The first-order chi connectivity index (χ1) is 16.8. The third kappa shape index (κ3) is 14.6. The highest BCUT2D eigenvalue weighted by Crippen LogP contribution is 2.25. The first-order valence-electron chi connectivity index (χ1n) is 11.8. The Hall–Kier alpha value is 0.140. The van der Waals surface area contributed by atoms with Gasteiger partial charge in [-0.05, 0) is 71.2 Å². The molecule has 34 heavy (non-hydrogen) atoms. The highest BCUT2D eigenvalue weighted by Gasteiger charge is 2.01. The van der Waals surface area contributed by atoms with E-state index in [1.54, 1.807) is 0 Å². The third-order valence-electron chi connectivity index (χ3n) is 4.66. The lowest BCUT2D eigenvalue weighted by Gasteiger charge is -2.09. The van der Waals surface area contributed by atoms with Gasteiger partial charge in [0.2, 0.25) is 0 Å². The second-order valence-electron chi connectivity index (χ2n) is 7.35. The van der Waals surface area contributed by atoms with Crippen LogP contribution in [0.1, 0.15) is 12.8 Å². The Labute approximate surface area is 235 Å². The Morgan fingerprint density at radius 3 is 1.18 bits per heavy atom. The average molecular weight is 575 g/mol. The molecule has 0 aliphatic carbocycles. The van der Waals surface area contributed by atoms with Crippen LogP contribution in [0.2, 0.25) is 0 Å². The molecule has 2 aromatic rings. The molecule has 0 atom stereocenters. The fourth-order valence-electron chi connectivity index (χ4n) is 2.96. The molecule has 0 heterocycles. The van der Waals surface area contributed by atoms with Gasteiger partial charge in [-0.1, -0.05) is 24.3 Å². The maximum atomic E-state index is 5.90. The van der Waals surface area contributed by atoms with Gasteiger partial charge in [0.05, 0.1) is 13.2 Å². The molecule has 0 aromatic heterocycles. The Morgan fingerprint density at radius 2 is 0.824 bits per heavy atom. The predicted octanol–water partition coefficient (Wildman–Crippen LogP) is 7.68. The topological polar surface area (TPSA) is 18.5 Å². The zero-order chi connectivity index (χ0) is 24.1. The normalized spacial score (nSPS) is 11.0. The molecule has 2 aromatic carbocycles. The van der Waals surface area contributed by atoms with Crippen LogP contribution in [-0.4, -0.2) is 70.7 Å². The quantitative estimate of drug-likeness (QED) is 0.117. The first-order valence-corrected chi connectivity index (χ1v) is 17.7. The van der Waals surface area contributed by atoms with E-state index < -0.39 is 0 Å². The largest absolute Gasteiger partial charge is 0.494 e. The summed E-state index contributed by atoms with van der Waals surface area (Å²) in [5.41, 5.74) is 2.39. The van der Waals surface area contributed by atoms with Gasteiger partial charge < -0.3 is 9.47 Å². The minimum absolute atomic E-state index is 0.774. The lowest BCUT2D eigenvalue weighted by Crippen LogP contribution is -2.00. The molecule has 0 unspecified atom stereocenters. The summed E-state index contributed by atoms with van der Waals surface area (Å²) >= 11 is 16.5. The molecule has 0 aliphatic heterocycles. The summed E-state index contributed by atoms with van der Waals surface area (Å²) in [7, 11) is 0. The molecule has 0 saturated carbocycles. The second kappa shape index (κ2) is 21.2. The lowest BCUT2D eigenvalue weighted by atomic mass is 10.1. The van der Waals surface area contributed by atoms with E-state index in [-0.39, 0.29) is 0 Å². The van der Waals surface area contributed by atoms with E-state index in [1.165, 1.54) is 34.1 Å². The maximum Gasteiger partial charge on any atom is 0.119 e. The number of hydrogen-bond donors (Lipinski definition) is 2. The van der Waals surface area contributed by atoms with Gasteiger partial charge in [-0.3, -0.25) is 0 Å². The first kappa shape index (κ1) is 30.4. The van der Waals surface area contributed by atoms with Crippen molar-refractivity contribution in [1.82, 2.24) is 0 Å². The summed E-state index contributed by atoms with van der Waals surface area (Å²) in [5, 5.41) is 0. The summed E-state index contributed by atoms with van der Waals surface area (Å²) in [5.74, 6) is 13.3. The third-order valence-corrected chi connectivity index (χ3v) is 10.3. The van der Waals surface area contributed by atoms with E-state index in [0.29, 0.717) is 0 Å². The van der Waals surface area contributed by atoms with Crippen molar-refractivity contribution in [2.24, 2.45) is 0 Å². The van der Waals surface area contributed by atoms with Crippen molar-refractivity contribution in [3.63, 3.8) is 0 Å². The number of ether oxygens (including phenoxy) is 2. The molecule has 0 fully saturated rings. The van der Waals surface area contributed by atoms with Gasteiger partial charge in [-0.15, -0.1) is 0 Å². The van der Waals surface area contributed by atoms with Gasteiger partial charge in [0.15, 0.2) is 0 Å². The van der Waals surface area contributed by atoms with Crippen molar-refractivity contribution in [3.05, 3.63) is 48.5 Å². The van der Waals surface area contributed by atoms with E-state index in [9.17, 15) is 0 Å². The fourth-order valence-corrected chi connectivity index (χ4v) is 7.34. The van der Waals surface area contributed by atoms with Crippen LogP contribution < -0.4 is 9.47 Å². The smallest absolute Gasteiger partial charge is 0.119 e. The number of thioether (sulfide) groups is 4. The maximum absolute atomic E-state index is 5.90. The van der Waals surface area contributed by atoms with Crippen molar-refractivity contribution in [3.8, 4) is 22.6 Å². The Morgan fingerprint density at radius 1 is 0.471 bits per heavy atom. The van der Waals surface area contributed by atoms with E-state index in [2.05, 4.69) is 73.8 Å². The Balaban J connectivity index is 1.57. The molecule has 2 rings (SSSR count). The average Bonchev–Trinajstić information content (AvgIpc) is 2.87. The zero-order valence-corrected chi connectivity index (χ0v) is 24.9. The molecule has 0 saturated heterocycles. The van der Waals surface area contributed by atoms with Crippen LogP contribution in [0.4, 0.5) is 0 Å². The van der Waals surface area contributed by atoms with Gasteiger partial charge in [-0.25, -0.2) is 0 Å². The summed E-state index contributed by atoms with van der Waals surface area (Å²) in [6.45, 7) is 1.55. The van der Waals surface area contributed by atoms with E-state index in [4.69, 9.17) is 9.47 Å². The molecule has 8 heteroatoms. The highest BCUT2D eigenvalue weighted by atomic mass is 32.2. The fraction of sp³-hybridized carbons (Fsp3) is 0.538. The number of hydrogen-bond acceptors (Lipinski definition) is 8. The summed E-state index contributed by atoms with van der Waals surface area (Å²) in [6.07, 6.45) is 2.17. The van der Waals surface area contributed by atoms with Gasteiger partial charge in [-0.2, -0.15) is 72.3 Å². The lowest BCUT2D eigenvalue weighted by molar-refractivity contribution is 0.318. The van der Waals surface area contributed by atoms with Crippen molar-refractivity contribution >= 4 is 72.3 Å². The van der Waals surface area contributed by atoms with Crippen LogP contribution in [0.25, 0.3) is 11.1 Å². The minimum Gasteiger partial charge on any atom is -0.494 e. The Kier molecular flexibility index (Phi) is 19.0. The molecule has 0 bridgehead atoms. The molecule has 0 radical (unpaired) electrons. The van der Waals surface area contributed by atoms with Gasteiger partial charge in [0.25, 0.3) is 0 Å². The molecule has 0 spiro atoms. The standard InChI is InChI=1S/C26H38O2S6/c29-13-17-33-21-19-31-15-1-11-27-25-7-3-23(4-8-25)24-5-9-26(10-6-24)28-12-2-16-32-20-22-34-18-14-30/h3-10,29-30H,1-2,11-22H2. The molecule has 190 valence electrons. The Bertz CT molecular complexity index is 664. The summed E-state index contributed by atoms with van der Waals surface area (Å²) in [4.78, 5) is 0. The van der Waals surface area contributed by atoms with Crippen molar-refractivity contribution in [2.45, 2.75) is 12.8 Å². The van der Waals surface area contributed by atoms with Crippen molar-refractivity contribution in [2.75, 3.05) is 70.7 Å². The zero-order valence-electron chi connectivity index (χ0n) is 19.9. The van der Waals surface area contributed by atoms with E-state index >= 15 is 0 Å². The molecule has 0 amide bonds. The van der Waals surface area contributed by atoms with Crippen LogP contribution >= 0.6 is 72.3 Å². The molecule has 0 aliphatic rings. The van der Waals surface area contributed by atoms with Crippen LogP contribution in [-0.2, 0) is 0 Å². The van der Waals surface area contributed by atoms with Crippen LogP contribution in [0.15, 0.2) is 48.5 Å². The summed E-state index contributed by atoms with van der Waals surface area (Å²) < 4.78 is 11.8. The minimum atomic E-state index is 0.774. The number of benzene rings is 2. The number of rotatable bonds is 21. The monoisotopic (exact) mass is 574 g/mol. The van der Waals surface area contributed by atoms with Gasteiger partial charge in [0.1, 0.15) is 11.5 Å². The van der Waals surface area contributed by atoms with E-state index in [0.717, 1.165) is 72.1 Å². The second-order valence-corrected chi connectivity index (χ2v) is 13.1. The highest BCUT2D eigenvalue weighted by molar-refractivity contribution is 8.03. The number of thiol groups is 2. The molecule has 0 N–H and O–H groups in total. The van der Waals surface area contributed by atoms with Crippen molar-refractivity contribution < 1.29 is 9.47 Å².